The monoisotopic (exact) mass is 386 g/mol. The summed E-state index contributed by atoms with van der Waals surface area (Å²) in [6.07, 6.45) is 0.164. The number of pyridine rings is 1. The Bertz CT molecular complexity index is 719. The van der Waals surface area contributed by atoms with Crippen molar-refractivity contribution < 1.29 is 18.0 Å². The number of hydrogen-bond acceptors (Lipinski definition) is 4. The van der Waals surface area contributed by atoms with E-state index in [1.54, 1.807) is 34.2 Å². The molecule has 0 aromatic carbocycles. The SMILES string of the molecule is CCN(C(=O)CSCCCC(F)(F)F)c1cn(-c2cccnc2)nc1C. The maximum Gasteiger partial charge on any atom is 0.389 e. The lowest BCUT2D eigenvalue weighted by Gasteiger charge is -2.19. The Labute approximate surface area is 154 Å². The highest BCUT2D eigenvalue weighted by molar-refractivity contribution is 7.99. The van der Waals surface area contributed by atoms with Gasteiger partial charge in [-0.05, 0) is 38.2 Å². The largest absolute Gasteiger partial charge is 0.389 e. The first-order valence-corrected chi connectivity index (χ1v) is 9.39. The summed E-state index contributed by atoms with van der Waals surface area (Å²) in [6, 6.07) is 3.66. The molecule has 0 fully saturated rings. The zero-order chi connectivity index (χ0) is 19.2. The van der Waals surface area contributed by atoms with Crippen molar-refractivity contribution in [2.45, 2.75) is 32.9 Å². The molecule has 5 nitrogen and oxygen atoms in total. The number of aromatic nitrogens is 3. The van der Waals surface area contributed by atoms with E-state index in [4.69, 9.17) is 0 Å². The van der Waals surface area contributed by atoms with E-state index in [2.05, 4.69) is 10.1 Å². The van der Waals surface area contributed by atoms with Crippen LogP contribution in [0.5, 0.6) is 0 Å². The first kappa shape index (κ1) is 20.3. The molecule has 2 heterocycles. The number of anilines is 1. The van der Waals surface area contributed by atoms with Crippen LogP contribution >= 0.6 is 11.8 Å². The summed E-state index contributed by atoms with van der Waals surface area (Å²) in [5.74, 6) is 0.304. The van der Waals surface area contributed by atoms with E-state index in [9.17, 15) is 18.0 Å². The second kappa shape index (κ2) is 9.07. The average Bonchev–Trinajstić information content (AvgIpc) is 2.97. The molecule has 26 heavy (non-hydrogen) atoms. The van der Waals surface area contributed by atoms with Crippen molar-refractivity contribution in [3.8, 4) is 5.69 Å². The van der Waals surface area contributed by atoms with Crippen LogP contribution in [0.15, 0.2) is 30.7 Å². The Morgan fingerprint density at radius 1 is 1.38 bits per heavy atom. The van der Waals surface area contributed by atoms with E-state index >= 15 is 0 Å². The number of halogens is 3. The van der Waals surface area contributed by atoms with Crippen LogP contribution in [0.25, 0.3) is 5.69 Å². The second-order valence-corrected chi connectivity index (χ2v) is 6.77. The van der Waals surface area contributed by atoms with Gasteiger partial charge in [0.25, 0.3) is 0 Å². The third-order valence-electron chi connectivity index (χ3n) is 3.67. The summed E-state index contributed by atoms with van der Waals surface area (Å²) >= 11 is 1.22. The minimum Gasteiger partial charge on any atom is -0.309 e. The van der Waals surface area contributed by atoms with Crippen LogP contribution < -0.4 is 4.90 Å². The van der Waals surface area contributed by atoms with E-state index in [-0.39, 0.29) is 18.1 Å². The second-order valence-electron chi connectivity index (χ2n) is 5.66. The van der Waals surface area contributed by atoms with Gasteiger partial charge in [-0.2, -0.15) is 30.0 Å². The predicted octanol–water partition coefficient (Wildman–Crippen LogP) is 4.00. The number of amides is 1. The molecular weight excluding hydrogens is 365 g/mol. The zero-order valence-corrected chi connectivity index (χ0v) is 15.5. The fourth-order valence-electron chi connectivity index (χ4n) is 2.43. The molecule has 0 aliphatic rings. The van der Waals surface area contributed by atoms with E-state index in [1.165, 1.54) is 11.8 Å². The number of nitrogens with zero attached hydrogens (tertiary/aromatic N) is 4. The smallest absolute Gasteiger partial charge is 0.309 e. The molecule has 0 atom stereocenters. The highest BCUT2D eigenvalue weighted by atomic mass is 32.2. The minimum absolute atomic E-state index is 0.0194. The van der Waals surface area contributed by atoms with Gasteiger partial charge in [0.1, 0.15) is 0 Å². The van der Waals surface area contributed by atoms with Gasteiger partial charge in [-0.15, -0.1) is 0 Å². The number of hydrogen-bond donors (Lipinski definition) is 0. The van der Waals surface area contributed by atoms with Crippen LogP contribution in [0.4, 0.5) is 18.9 Å². The molecule has 0 aliphatic heterocycles. The van der Waals surface area contributed by atoms with Gasteiger partial charge in [-0.3, -0.25) is 9.78 Å². The molecule has 1 amide bonds. The van der Waals surface area contributed by atoms with Crippen molar-refractivity contribution in [1.29, 1.82) is 0 Å². The van der Waals surface area contributed by atoms with Crippen LogP contribution in [0.3, 0.4) is 0 Å². The summed E-state index contributed by atoms with van der Waals surface area (Å²) in [5, 5.41) is 4.42. The van der Waals surface area contributed by atoms with E-state index < -0.39 is 12.6 Å². The highest BCUT2D eigenvalue weighted by Crippen LogP contribution is 2.24. The Morgan fingerprint density at radius 2 is 2.15 bits per heavy atom. The third-order valence-corrected chi connectivity index (χ3v) is 4.69. The minimum atomic E-state index is -4.14. The zero-order valence-electron chi connectivity index (χ0n) is 14.7. The lowest BCUT2D eigenvalue weighted by Crippen LogP contribution is -2.32. The van der Waals surface area contributed by atoms with Crippen molar-refractivity contribution in [3.63, 3.8) is 0 Å². The molecule has 9 heteroatoms. The van der Waals surface area contributed by atoms with Crippen molar-refractivity contribution in [2.75, 3.05) is 23.0 Å². The number of rotatable bonds is 8. The Morgan fingerprint density at radius 3 is 2.77 bits per heavy atom. The molecule has 0 N–H and O–H groups in total. The maximum absolute atomic E-state index is 12.5. The van der Waals surface area contributed by atoms with Crippen molar-refractivity contribution in [2.24, 2.45) is 0 Å². The van der Waals surface area contributed by atoms with Crippen molar-refractivity contribution in [3.05, 3.63) is 36.4 Å². The molecule has 0 unspecified atom stereocenters. The lowest BCUT2D eigenvalue weighted by molar-refractivity contribution is -0.134. The van der Waals surface area contributed by atoms with Gasteiger partial charge in [0, 0.05) is 19.2 Å². The van der Waals surface area contributed by atoms with Gasteiger partial charge < -0.3 is 4.90 Å². The maximum atomic E-state index is 12.5. The molecule has 0 spiro atoms. The van der Waals surface area contributed by atoms with Crippen molar-refractivity contribution in [1.82, 2.24) is 14.8 Å². The topological polar surface area (TPSA) is 51.0 Å². The Balaban J connectivity index is 1.97. The van der Waals surface area contributed by atoms with Crippen LogP contribution in [0, 0.1) is 6.92 Å². The Hall–Kier alpha value is -2.03. The molecule has 0 aliphatic carbocycles. The summed E-state index contributed by atoms with van der Waals surface area (Å²) in [6.45, 7) is 4.13. The summed E-state index contributed by atoms with van der Waals surface area (Å²) in [4.78, 5) is 18.1. The van der Waals surface area contributed by atoms with Crippen molar-refractivity contribution >= 4 is 23.4 Å². The van der Waals surface area contributed by atoms with E-state index in [0.29, 0.717) is 23.7 Å². The molecule has 2 aromatic rings. The predicted molar refractivity (Wildman–Crippen MR) is 96.7 cm³/mol. The molecule has 0 radical (unpaired) electrons. The third kappa shape index (κ3) is 5.76. The fourth-order valence-corrected chi connectivity index (χ4v) is 3.25. The molecule has 0 bridgehead atoms. The molecular formula is C17H21F3N4OS. The number of thioether (sulfide) groups is 1. The molecule has 2 aromatic heterocycles. The molecule has 0 saturated heterocycles. The summed E-state index contributed by atoms with van der Waals surface area (Å²) in [7, 11) is 0. The number of alkyl halides is 3. The van der Waals surface area contributed by atoms with Crippen LogP contribution in [0.2, 0.25) is 0 Å². The summed E-state index contributed by atoms with van der Waals surface area (Å²) in [5.41, 5.74) is 2.18. The van der Waals surface area contributed by atoms with Gasteiger partial charge >= 0.3 is 6.18 Å². The molecule has 0 saturated carbocycles. The standard InChI is InChI=1S/C17H21F3N4OS/c1-3-23(16(25)12-26-9-5-7-17(18,19)20)15-11-24(22-13(15)2)14-6-4-8-21-10-14/h4,6,8,10-11H,3,5,7,9,12H2,1-2H3. The normalized spacial score (nSPS) is 11.6. The highest BCUT2D eigenvalue weighted by Gasteiger charge is 2.26. The van der Waals surface area contributed by atoms with Crippen LogP contribution in [-0.4, -0.2) is 44.9 Å². The van der Waals surface area contributed by atoms with Gasteiger partial charge in [0.15, 0.2) is 0 Å². The van der Waals surface area contributed by atoms with Gasteiger partial charge in [0.2, 0.25) is 5.91 Å². The van der Waals surface area contributed by atoms with E-state index in [1.807, 2.05) is 19.9 Å². The van der Waals surface area contributed by atoms with Crippen LogP contribution in [0.1, 0.15) is 25.5 Å². The van der Waals surface area contributed by atoms with Gasteiger partial charge in [-0.25, -0.2) is 4.68 Å². The number of carbonyl (C=O) groups is 1. The first-order chi connectivity index (χ1) is 12.3. The molecule has 142 valence electrons. The van der Waals surface area contributed by atoms with Gasteiger partial charge in [-0.1, -0.05) is 0 Å². The first-order valence-electron chi connectivity index (χ1n) is 8.23. The number of carbonyl (C=O) groups excluding carboxylic acids is 1. The molecule has 2 rings (SSSR count). The van der Waals surface area contributed by atoms with Gasteiger partial charge in [0.05, 0.1) is 35.2 Å². The Kier molecular flexibility index (Phi) is 7.07. The number of aryl methyl sites for hydroxylation is 1. The average molecular weight is 386 g/mol. The summed E-state index contributed by atoms with van der Waals surface area (Å²) < 4.78 is 38.1. The lowest BCUT2D eigenvalue weighted by atomic mass is 10.3. The quantitative estimate of drug-likeness (QED) is 0.644. The van der Waals surface area contributed by atoms with E-state index in [0.717, 1.165) is 5.69 Å². The van der Waals surface area contributed by atoms with Crippen LogP contribution in [-0.2, 0) is 4.79 Å². The fraction of sp³-hybridized carbons (Fsp3) is 0.471.